The molecule has 0 aliphatic heterocycles. The summed E-state index contributed by atoms with van der Waals surface area (Å²) in [6, 6.07) is 4.70. The molecule has 0 spiro atoms. The molecule has 3 aromatic heterocycles. The second-order valence-corrected chi connectivity index (χ2v) is 7.38. The maximum Gasteiger partial charge on any atom is 0.455 e. The molecule has 0 unspecified atom stereocenters. The number of alkyl halides is 8. The molecule has 2 N–H and O–H groups in total. The van der Waals surface area contributed by atoms with Gasteiger partial charge in [0.15, 0.2) is 5.69 Å². The third-order valence-corrected chi connectivity index (χ3v) is 4.78. The number of halogens is 8. The number of aromatic nitrogens is 4. The van der Waals surface area contributed by atoms with Crippen molar-refractivity contribution in [3.63, 3.8) is 0 Å². The van der Waals surface area contributed by atoms with E-state index in [0.29, 0.717) is 11.9 Å². The monoisotopic (exact) mass is 508 g/mol. The molecule has 0 aliphatic rings. The van der Waals surface area contributed by atoms with Crippen molar-refractivity contribution in [1.29, 1.82) is 5.41 Å². The van der Waals surface area contributed by atoms with Gasteiger partial charge >= 0.3 is 18.3 Å². The molecule has 0 saturated heterocycles. The van der Waals surface area contributed by atoms with Gasteiger partial charge in [0, 0.05) is 35.6 Å². The van der Waals surface area contributed by atoms with Gasteiger partial charge in [0.05, 0.1) is 12.1 Å². The molecule has 7 nitrogen and oxygen atoms in total. The first-order chi connectivity index (χ1) is 16.1. The molecule has 0 aromatic carbocycles. The van der Waals surface area contributed by atoms with Crippen molar-refractivity contribution in [1.82, 2.24) is 24.3 Å². The van der Waals surface area contributed by atoms with Crippen molar-refractivity contribution in [3.05, 3.63) is 63.6 Å². The summed E-state index contributed by atoms with van der Waals surface area (Å²) < 4.78 is 107. The largest absolute Gasteiger partial charge is 0.455 e. The number of hydrogen-bond donors (Lipinski definition) is 2. The molecule has 0 atom stereocenters. The molecule has 0 amide bonds. The van der Waals surface area contributed by atoms with Crippen LogP contribution < -0.4 is 10.9 Å². The lowest BCUT2D eigenvalue weighted by molar-refractivity contribution is -0.278. The summed E-state index contributed by atoms with van der Waals surface area (Å²) in [5.74, 6) is -5.52. The second-order valence-electron chi connectivity index (χ2n) is 7.38. The fraction of sp³-hybridized carbons (Fsp3) is 0.300. The fourth-order valence-electron chi connectivity index (χ4n) is 3.18. The summed E-state index contributed by atoms with van der Waals surface area (Å²) in [5, 5.41) is 8.91. The lowest BCUT2D eigenvalue weighted by atomic mass is 10.1. The van der Waals surface area contributed by atoms with E-state index in [0.717, 1.165) is 10.6 Å². The van der Waals surface area contributed by atoms with Gasteiger partial charge in [0.25, 0.3) is 5.56 Å². The summed E-state index contributed by atoms with van der Waals surface area (Å²) in [7, 11) is 0. The summed E-state index contributed by atoms with van der Waals surface area (Å²) in [5.41, 5.74) is -4.39. The maximum atomic E-state index is 13.9. The van der Waals surface area contributed by atoms with Gasteiger partial charge < -0.3 is 10.7 Å². The number of rotatable bonds is 6. The van der Waals surface area contributed by atoms with Crippen LogP contribution in [-0.2, 0) is 6.18 Å². The Hall–Kier alpha value is -3.78. The quantitative estimate of drug-likeness (QED) is 0.384. The lowest BCUT2D eigenvalue weighted by Gasteiger charge is -2.19. The molecule has 0 fully saturated rings. The Kier molecular flexibility index (Phi) is 6.48. The Morgan fingerprint density at radius 1 is 1.09 bits per heavy atom. The van der Waals surface area contributed by atoms with Crippen molar-refractivity contribution < 1.29 is 35.1 Å². The lowest BCUT2D eigenvalue weighted by Crippen LogP contribution is -2.44. The molecule has 3 aromatic rings. The minimum Gasteiger partial charge on any atom is -0.384 e. The molecular weight excluding hydrogens is 492 g/mol. The van der Waals surface area contributed by atoms with Gasteiger partial charge in [-0.1, -0.05) is 6.07 Å². The first-order valence-corrected chi connectivity index (χ1v) is 9.63. The number of hydrogen-bond acceptors (Lipinski definition) is 5. The van der Waals surface area contributed by atoms with Crippen LogP contribution in [0.4, 0.5) is 35.1 Å². The molecule has 0 aliphatic carbocycles. The Labute approximate surface area is 191 Å². The minimum absolute atomic E-state index is 0.164. The zero-order valence-electron chi connectivity index (χ0n) is 17.9. The van der Waals surface area contributed by atoms with Gasteiger partial charge in [-0.15, -0.1) is 0 Å². The number of aryl methyl sites for hydroxylation is 2. The van der Waals surface area contributed by atoms with E-state index in [-0.39, 0.29) is 17.7 Å². The van der Waals surface area contributed by atoms with E-state index in [1.807, 2.05) is 0 Å². The number of pyridine rings is 1. The van der Waals surface area contributed by atoms with Crippen LogP contribution in [0.3, 0.4) is 0 Å². The van der Waals surface area contributed by atoms with E-state index in [1.54, 1.807) is 24.4 Å². The minimum atomic E-state index is -5.92. The van der Waals surface area contributed by atoms with Crippen LogP contribution in [0, 0.1) is 19.3 Å². The van der Waals surface area contributed by atoms with Crippen molar-refractivity contribution in [2.45, 2.75) is 32.1 Å². The average Bonchev–Trinajstić information content (AvgIpc) is 3.06. The highest BCUT2D eigenvalue weighted by atomic mass is 19.4. The molecule has 188 valence electrons. The molecule has 0 radical (unpaired) electrons. The van der Waals surface area contributed by atoms with Crippen LogP contribution in [0.15, 0.2) is 35.4 Å². The highest BCUT2D eigenvalue weighted by molar-refractivity contribution is 6.08. The number of fused-ring (bicyclic) bond motifs is 1. The maximum absolute atomic E-state index is 13.9. The first-order valence-electron chi connectivity index (χ1n) is 9.63. The molecular formula is C20H16F8N6O. The summed E-state index contributed by atoms with van der Waals surface area (Å²) in [6.07, 6.45) is -9.49. The Morgan fingerprint density at radius 2 is 1.74 bits per heavy atom. The number of nitrogens with zero attached hydrogens (tertiary/aromatic N) is 4. The van der Waals surface area contributed by atoms with Gasteiger partial charge in [-0.3, -0.25) is 13.8 Å². The van der Waals surface area contributed by atoms with Gasteiger partial charge in [-0.2, -0.15) is 35.1 Å². The topological polar surface area (TPSA) is 88.1 Å². The molecule has 0 saturated carbocycles. The third kappa shape index (κ3) is 4.88. The molecule has 0 bridgehead atoms. The number of allylic oxidation sites excluding steroid dienone is 1. The average molecular weight is 508 g/mol. The highest BCUT2D eigenvalue weighted by Gasteiger charge is 2.57. The predicted molar refractivity (Wildman–Crippen MR) is 109 cm³/mol. The van der Waals surface area contributed by atoms with Crippen molar-refractivity contribution >= 4 is 17.6 Å². The summed E-state index contributed by atoms with van der Waals surface area (Å²) in [4.78, 5) is 20.8. The van der Waals surface area contributed by atoms with E-state index in [1.165, 1.54) is 17.6 Å². The van der Waals surface area contributed by atoms with Gasteiger partial charge in [-0.05, 0) is 26.0 Å². The first kappa shape index (κ1) is 25.8. The van der Waals surface area contributed by atoms with Crippen LogP contribution in [0.5, 0.6) is 0 Å². The van der Waals surface area contributed by atoms with Crippen molar-refractivity contribution in [2.24, 2.45) is 0 Å². The third-order valence-electron chi connectivity index (χ3n) is 4.78. The molecule has 3 heterocycles. The zero-order valence-corrected chi connectivity index (χ0v) is 17.9. The van der Waals surface area contributed by atoms with Gasteiger partial charge in [-0.25, -0.2) is 9.97 Å². The number of nitrogens with one attached hydrogen (secondary N) is 2. The van der Waals surface area contributed by atoms with Crippen molar-refractivity contribution in [3.8, 4) is 5.82 Å². The van der Waals surface area contributed by atoms with Crippen LogP contribution in [-0.4, -0.2) is 43.8 Å². The Balaban J connectivity index is 2.23. The SMILES string of the molecule is Cc1cccc(-n2c(C)cn3c(=O)c(/C(C=N)=C/NCC(F)(F)C(F)(F)F)c(C(F)(F)F)nc23)n1. The van der Waals surface area contributed by atoms with Crippen LogP contribution in [0.1, 0.15) is 22.6 Å². The van der Waals surface area contributed by atoms with Crippen LogP contribution in [0.25, 0.3) is 17.2 Å². The summed E-state index contributed by atoms with van der Waals surface area (Å²) >= 11 is 0. The Bertz CT molecular complexity index is 1370. The summed E-state index contributed by atoms with van der Waals surface area (Å²) in [6.45, 7) is 1.08. The number of imidazole rings is 1. The fourth-order valence-corrected chi connectivity index (χ4v) is 3.18. The normalized spacial score (nSPS) is 13.4. The van der Waals surface area contributed by atoms with Gasteiger partial charge in [0.1, 0.15) is 5.82 Å². The smallest absolute Gasteiger partial charge is 0.384 e. The predicted octanol–water partition coefficient (Wildman–Crippen LogP) is 4.29. The molecule has 3 rings (SSSR count). The zero-order chi connectivity index (χ0) is 26.3. The van der Waals surface area contributed by atoms with Crippen LogP contribution in [0.2, 0.25) is 0 Å². The second kappa shape index (κ2) is 8.78. The standard InChI is InChI=1S/C20H16F8N6O/c1-10-4-3-5-13(31-10)34-11(2)8-33-16(35)14(15(19(23,24)25)32-17(33)34)12(6-29)7-30-9-18(21,22)20(26,27)28/h3-8,29-30H,9H2,1-2H3/b12-7+,29-6?. The van der Waals surface area contributed by atoms with E-state index >= 15 is 0 Å². The van der Waals surface area contributed by atoms with E-state index in [9.17, 15) is 39.9 Å². The van der Waals surface area contributed by atoms with E-state index in [4.69, 9.17) is 5.41 Å². The van der Waals surface area contributed by atoms with E-state index < -0.39 is 53.0 Å². The molecule has 15 heteroatoms. The van der Waals surface area contributed by atoms with E-state index in [2.05, 4.69) is 9.97 Å². The molecule has 35 heavy (non-hydrogen) atoms. The Morgan fingerprint density at radius 3 is 2.29 bits per heavy atom. The highest BCUT2D eigenvalue weighted by Crippen LogP contribution is 2.35. The van der Waals surface area contributed by atoms with Gasteiger partial charge in [0.2, 0.25) is 5.78 Å². The van der Waals surface area contributed by atoms with Crippen LogP contribution >= 0.6 is 0 Å². The van der Waals surface area contributed by atoms with Crippen molar-refractivity contribution in [2.75, 3.05) is 6.54 Å².